The summed E-state index contributed by atoms with van der Waals surface area (Å²) in [6.45, 7) is 4.16. The van der Waals surface area contributed by atoms with Gasteiger partial charge < -0.3 is 9.47 Å². The van der Waals surface area contributed by atoms with Crippen molar-refractivity contribution in [1.29, 1.82) is 0 Å². The summed E-state index contributed by atoms with van der Waals surface area (Å²) in [5.41, 5.74) is 4.77. The Morgan fingerprint density at radius 2 is 1.94 bits per heavy atom. The number of ether oxygens (including phenoxy) is 2. The number of aryl methyl sites for hydroxylation is 1. The highest BCUT2D eigenvalue weighted by atomic mass is 16.6. The van der Waals surface area contributed by atoms with E-state index in [-0.39, 0.29) is 5.69 Å². The first-order valence-corrected chi connectivity index (χ1v) is 9.41. The fourth-order valence-corrected chi connectivity index (χ4v) is 2.54. The third kappa shape index (κ3) is 5.86. The first-order chi connectivity index (χ1) is 15.0. The van der Waals surface area contributed by atoms with Crippen LogP contribution in [0.3, 0.4) is 0 Å². The van der Waals surface area contributed by atoms with E-state index < -0.39 is 10.9 Å². The molecule has 1 N–H and O–H groups in total. The first kappa shape index (κ1) is 21.4. The molecule has 0 spiro atoms. The van der Waals surface area contributed by atoms with Crippen molar-refractivity contribution in [3.05, 3.63) is 87.6 Å². The second kappa shape index (κ2) is 9.97. The van der Waals surface area contributed by atoms with Crippen LogP contribution in [0.5, 0.6) is 11.5 Å². The number of hydrazone groups is 1. The molecule has 2 aromatic carbocycles. The van der Waals surface area contributed by atoms with E-state index in [1.807, 2.05) is 26.0 Å². The molecule has 0 aliphatic rings. The van der Waals surface area contributed by atoms with Gasteiger partial charge in [-0.3, -0.25) is 15.5 Å². The van der Waals surface area contributed by atoms with E-state index in [1.165, 1.54) is 18.3 Å². The Hall–Kier alpha value is -4.27. The molecule has 1 heterocycles. The number of carbonyl (C=O) groups is 1. The Morgan fingerprint density at radius 1 is 1.16 bits per heavy atom. The van der Waals surface area contributed by atoms with Crippen LogP contribution in [0.4, 0.5) is 11.5 Å². The monoisotopic (exact) mass is 420 g/mol. The first-order valence-electron chi connectivity index (χ1n) is 9.41. The van der Waals surface area contributed by atoms with Gasteiger partial charge in [0.15, 0.2) is 11.5 Å². The van der Waals surface area contributed by atoms with Gasteiger partial charge >= 0.3 is 5.97 Å². The van der Waals surface area contributed by atoms with Gasteiger partial charge in [-0.05, 0) is 55.8 Å². The number of hydrogen-bond donors (Lipinski definition) is 1. The van der Waals surface area contributed by atoms with E-state index in [4.69, 9.17) is 9.47 Å². The SMILES string of the molecule is CCOc1cc(/C=N\Nc2ccc([N+](=O)[O-])cn2)ccc1OC(=O)c1ccc(C)cc1. The standard InChI is InChI=1S/C22H20N4O5/c1-3-30-20-12-16(13-24-25-21-11-9-18(14-23-21)26(28)29)6-10-19(20)31-22(27)17-7-4-15(2)5-8-17/h4-14H,3H2,1-2H3,(H,23,25)/b24-13-. The van der Waals surface area contributed by atoms with Crippen molar-refractivity contribution in [1.82, 2.24) is 4.98 Å². The molecule has 3 aromatic rings. The molecule has 1 aromatic heterocycles. The second-order valence-electron chi connectivity index (χ2n) is 6.42. The highest BCUT2D eigenvalue weighted by Gasteiger charge is 2.13. The van der Waals surface area contributed by atoms with Gasteiger partial charge in [-0.1, -0.05) is 17.7 Å². The molecule has 31 heavy (non-hydrogen) atoms. The van der Waals surface area contributed by atoms with E-state index in [1.54, 1.807) is 30.3 Å². The van der Waals surface area contributed by atoms with Crippen LogP contribution in [-0.4, -0.2) is 28.7 Å². The Balaban J connectivity index is 1.70. The van der Waals surface area contributed by atoms with Crippen molar-refractivity contribution < 1.29 is 19.2 Å². The number of carbonyl (C=O) groups excluding carboxylic acids is 1. The molecule has 0 amide bonds. The molecule has 0 unspecified atom stereocenters. The lowest BCUT2D eigenvalue weighted by Gasteiger charge is -2.11. The molecule has 158 valence electrons. The van der Waals surface area contributed by atoms with Crippen LogP contribution < -0.4 is 14.9 Å². The topological polar surface area (TPSA) is 116 Å². The minimum atomic E-state index is -0.525. The Labute approximate surface area is 178 Å². The zero-order chi connectivity index (χ0) is 22.2. The number of nitro groups is 1. The predicted octanol–water partition coefficient (Wildman–Crippen LogP) is 4.36. The van der Waals surface area contributed by atoms with Gasteiger partial charge in [0.2, 0.25) is 0 Å². The Morgan fingerprint density at radius 3 is 2.58 bits per heavy atom. The molecular formula is C22H20N4O5. The fourth-order valence-electron chi connectivity index (χ4n) is 2.54. The number of rotatable bonds is 8. The minimum Gasteiger partial charge on any atom is -0.490 e. The maximum Gasteiger partial charge on any atom is 0.343 e. The third-order valence-corrected chi connectivity index (χ3v) is 4.11. The molecule has 0 bridgehead atoms. The van der Waals surface area contributed by atoms with Gasteiger partial charge in [0.1, 0.15) is 12.0 Å². The summed E-state index contributed by atoms with van der Waals surface area (Å²) < 4.78 is 11.1. The average molecular weight is 420 g/mol. The van der Waals surface area contributed by atoms with Gasteiger partial charge in [-0.2, -0.15) is 5.10 Å². The van der Waals surface area contributed by atoms with Gasteiger partial charge in [-0.15, -0.1) is 0 Å². The lowest BCUT2D eigenvalue weighted by Crippen LogP contribution is -2.10. The van der Waals surface area contributed by atoms with Crippen molar-refractivity contribution in [2.75, 3.05) is 12.0 Å². The Kier molecular flexibility index (Phi) is 6.89. The quantitative estimate of drug-likeness (QED) is 0.189. The smallest absolute Gasteiger partial charge is 0.343 e. The normalized spacial score (nSPS) is 10.6. The molecule has 0 saturated heterocycles. The average Bonchev–Trinajstić information content (AvgIpc) is 2.76. The van der Waals surface area contributed by atoms with Gasteiger partial charge in [0, 0.05) is 6.07 Å². The van der Waals surface area contributed by atoms with E-state index >= 15 is 0 Å². The lowest BCUT2D eigenvalue weighted by atomic mass is 10.1. The largest absolute Gasteiger partial charge is 0.490 e. The summed E-state index contributed by atoms with van der Waals surface area (Å²) in [6.07, 6.45) is 2.67. The van der Waals surface area contributed by atoms with E-state index in [9.17, 15) is 14.9 Å². The Bertz CT molecular complexity index is 1100. The van der Waals surface area contributed by atoms with E-state index in [2.05, 4.69) is 15.5 Å². The van der Waals surface area contributed by atoms with Crippen molar-refractivity contribution >= 4 is 23.7 Å². The van der Waals surface area contributed by atoms with Crippen molar-refractivity contribution in [2.45, 2.75) is 13.8 Å². The molecule has 0 aliphatic carbocycles. The predicted molar refractivity (Wildman–Crippen MR) is 116 cm³/mol. The maximum absolute atomic E-state index is 12.4. The number of hydrogen-bond acceptors (Lipinski definition) is 8. The van der Waals surface area contributed by atoms with Crippen molar-refractivity contribution in [3.8, 4) is 11.5 Å². The molecule has 0 fully saturated rings. The second-order valence-corrected chi connectivity index (χ2v) is 6.42. The lowest BCUT2D eigenvalue weighted by molar-refractivity contribution is -0.385. The molecule has 0 atom stereocenters. The number of aromatic nitrogens is 1. The molecule has 3 rings (SSSR count). The van der Waals surface area contributed by atoms with Gasteiger partial charge in [0.05, 0.1) is 23.3 Å². The van der Waals surface area contributed by atoms with Crippen LogP contribution >= 0.6 is 0 Å². The number of pyridine rings is 1. The van der Waals surface area contributed by atoms with Crippen LogP contribution in [0.25, 0.3) is 0 Å². The van der Waals surface area contributed by atoms with E-state index in [0.717, 1.165) is 11.8 Å². The molecule has 0 saturated carbocycles. The minimum absolute atomic E-state index is 0.105. The van der Waals surface area contributed by atoms with E-state index in [0.29, 0.717) is 35.1 Å². The molecular weight excluding hydrogens is 400 g/mol. The van der Waals surface area contributed by atoms with Crippen LogP contribution in [0.2, 0.25) is 0 Å². The summed E-state index contributed by atoms with van der Waals surface area (Å²) in [4.78, 5) is 26.4. The number of nitrogens with zero attached hydrogens (tertiary/aromatic N) is 3. The number of benzene rings is 2. The van der Waals surface area contributed by atoms with Crippen LogP contribution in [0.1, 0.15) is 28.4 Å². The highest BCUT2D eigenvalue weighted by Crippen LogP contribution is 2.29. The maximum atomic E-state index is 12.4. The van der Waals surface area contributed by atoms with Gasteiger partial charge in [0.25, 0.3) is 5.69 Å². The number of nitrogens with one attached hydrogen (secondary N) is 1. The summed E-state index contributed by atoms with van der Waals surface area (Å²) in [5, 5.41) is 14.7. The van der Waals surface area contributed by atoms with Crippen molar-refractivity contribution in [2.24, 2.45) is 5.10 Å². The zero-order valence-corrected chi connectivity index (χ0v) is 16.9. The zero-order valence-electron chi connectivity index (χ0n) is 16.9. The summed E-state index contributed by atoms with van der Waals surface area (Å²) in [5.74, 6) is 0.582. The molecule has 0 aliphatic heterocycles. The summed E-state index contributed by atoms with van der Waals surface area (Å²) in [6, 6.07) is 14.9. The van der Waals surface area contributed by atoms with Crippen LogP contribution in [0.15, 0.2) is 65.9 Å². The van der Waals surface area contributed by atoms with Crippen molar-refractivity contribution in [3.63, 3.8) is 0 Å². The fraction of sp³-hybridized carbons (Fsp3) is 0.136. The number of esters is 1. The summed E-state index contributed by atoms with van der Waals surface area (Å²) >= 11 is 0. The number of anilines is 1. The highest BCUT2D eigenvalue weighted by molar-refractivity contribution is 5.91. The van der Waals surface area contributed by atoms with Crippen LogP contribution in [-0.2, 0) is 0 Å². The molecule has 0 radical (unpaired) electrons. The van der Waals surface area contributed by atoms with Crippen LogP contribution in [0, 0.1) is 17.0 Å². The third-order valence-electron chi connectivity index (χ3n) is 4.11. The molecule has 9 heteroatoms. The van der Waals surface area contributed by atoms with Gasteiger partial charge in [-0.25, -0.2) is 9.78 Å². The summed E-state index contributed by atoms with van der Waals surface area (Å²) in [7, 11) is 0. The molecule has 9 nitrogen and oxygen atoms in total.